The van der Waals surface area contributed by atoms with E-state index in [2.05, 4.69) is 16.9 Å². The molecule has 5 aromatic rings. The van der Waals surface area contributed by atoms with E-state index < -0.39 is 11.2 Å². The van der Waals surface area contributed by atoms with E-state index >= 15 is 0 Å². The Kier molecular flexibility index (Phi) is 5.37. The Labute approximate surface area is 198 Å². The molecule has 9 nitrogen and oxygen atoms in total. The molecular weight excluding hydrogens is 452 g/mol. The molecule has 0 aliphatic carbocycles. The van der Waals surface area contributed by atoms with Crippen molar-refractivity contribution in [1.82, 2.24) is 23.7 Å². The van der Waals surface area contributed by atoms with Crippen molar-refractivity contribution in [3.05, 3.63) is 81.3 Å². The number of carbonyl (C=O) groups excluding carboxylic acids is 1. The summed E-state index contributed by atoms with van der Waals surface area (Å²) >= 11 is 1.42. The first-order chi connectivity index (χ1) is 16.4. The molecule has 34 heavy (non-hydrogen) atoms. The minimum absolute atomic E-state index is 0.143. The van der Waals surface area contributed by atoms with E-state index in [-0.39, 0.29) is 23.6 Å². The number of aryl methyl sites for hydroxylation is 2. The number of amides is 1. The van der Waals surface area contributed by atoms with Crippen LogP contribution < -0.4 is 16.1 Å². The highest BCUT2D eigenvalue weighted by atomic mass is 32.1. The van der Waals surface area contributed by atoms with Crippen molar-refractivity contribution in [2.45, 2.75) is 19.9 Å². The third kappa shape index (κ3) is 3.52. The highest BCUT2D eigenvalue weighted by Crippen LogP contribution is 2.34. The first-order valence-corrected chi connectivity index (χ1v) is 11.6. The molecule has 0 unspecified atom stereocenters. The van der Waals surface area contributed by atoms with Crippen LogP contribution in [0.25, 0.3) is 21.4 Å². The van der Waals surface area contributed by atoms with Crippen LogP contribution in [-0.4, -0.2) is 29.6 Å². The zero-order chi connectivity index (χ0) is 24.0. The molecule has 10 heteroatoms. The number of imidazole rings is 1. The second-order valence-corrected chi connectivity index (χ2v) is 8.97. The normalized spacial score (nSPS) is 11.4. The summed E-state index contributed by atoms with van der Waals surface area (Å²) in [7, 11) is 2.96. The van der Waals surface area contributed by atoms with Gasteiger partial charge >= 0.3 is 5.69 Å². The van der Waals surface area contributed by atoms with Crippen molar-refractivity contribution in [3.8, 4) is 0 Å². The van der Waals surface area contributed by atoms with E-state index in [1.807, 2.05) is 48.5 Å². The molecule has 2 aromatic carbocycles. The fourth-order valence-electron chi connectivity index (χ4n) is 3.93. The quantitative estimate of drug-likeness (QED) is 0.390. The fraction of sp³-hybridized carbons (Fsp3) is 0.208. The summed E-state index contributed by atoms with van der Waals surface area (Å²) < 4.78 is 4.77. The molecule has 0 saturated carbocycles. The van der Waals surface area contributed by atoms with Crippen LogP contribution in [0.3, 0.4) is 0 Å². The lowest BCUT2D eigenvalue weighted by molar-refractivity contribution is -0.118. The number of fused-ring (bicyclic) bond motifs is 2. The van der Waals surface area contributed by atoms with E-state index in [0.717, 1.165) is 26.8 Å². The highest BCUT2D eigenvalue weighted by molar-refractivity contribution is 7.22. The van der Waals surface area contributed by atoms with Gasteiger partial charge in [0.1, 0.15) is 6.54 Å². The van der Waals surface area contributed by atoms with Crippen LogP contribution >= 0.6 is 11.3 Å². The topological polar surface area (TPSA) is 95.0 Å². The molecular formula is C24H22N6O3S. The van der Waals surface area contributed by atoms with Crippen molar-refractivity contribution in [2.75, 3.05) is 4.90 Å². The summed E-state index contributed by atoms with van der Waals surface area (Å²) in [5.41, 5.74) is 2.12. The van der Waals surface area contributed by atoms with Gasteiger partial charge in [-0.3, -0.25) is 23.6 Å². The van der Waals surface area contributed by atoms with Crippen molar-refractivity contribution in [1.29, 1.82) is 0 Å². The smallest absolute Gasteiger partial charge is 0.315 e. The fourth-order valence-corrected chi connectivity index (χ4v) is 4.93. The molecule has 3 aromatic heterocycles. The van der Waals surface area contributed by atoms with Gasteiger partial charge in [0, 0.05) is 14.1 Å². The van der Waals surface area contributed by atoms with Crippen LogP contribution in [0, 0.1) is 0 Å². The Bertz CT molecular complexity index is 1630. The SMILES string of the molecule is CCc1ccc(N(C(=O)Cn2cnc3c2c(=O)n(C)c(=O)n3C)c2nc3ccccc3s2)cc1. The molecule has 0 bridgehead atoms. The van der Waals surface area contributed by atoms with Gasteiger partial charge in [0.15, 0.2) is 16.3 Å². The number of thiazole rings is 1. The highest BCUT2D eigenvalue weighted by Gasteiger charge is 2.24. The summed E-state index contributed by atoms with van der Waals surface area (Å²) in [6.07, 6.45) is 2.30. The number of benzene rings is 2. The van der Waals surface area contributed by atoms with Gasteiger partial charge in [0.25, 0.3) is 11.5 Å². The zero-order valence-corrected chi connectivity index (χ0v) is 19.7. The van der Waals surface area contributed by atoms with Crippen molar-refractivity contribution in [2.24, 2.45) is 14.1 Å². The van der Waals surface area contributed by atoms with Crippen molar-refractivity contribution in [3.63, 3.8) is 0 Å². The average Bonchev–Trinajstić information content (AvgIpc) is 3.46. The zero-order valence-electron chi connectivity index (χ0n) is 18.9. The molecule has 0 radical (unpaired) electrons. The Hall–Kier alpha value is -4.05. The molecule has 0 aliphatic heterocycles. The monoisotopic (exact) mass is 474 g/mol. The number of carbonyl (C=O) groups is 1. The molecule has 0 spiro atoms. The lowest BCUT2D eigenvalue weighted by Gasteiger charge is -2.20. The Morgan fingerprint density at radius 3 is 2.47 bits per heavy atom. The number of nitrogens with zero attached hydrogens (tertiary/aromatic N) is 6. The molecule has 5 rings (SSSR count). The first-order valence-electron chi connectivity index (χ1n) is 10.8. The lowest BCUT2D eigenvalue weighted by atomic mass is 10.1. The predicted molar refractivity (Wildman–Crippen MR) is 133 cm³/mol. The maximum atomic E-state index is 13.7. The van der Waals surface area contributed by atoms with E-state index in [1.165, 1.54) is 33.8 Å². The van der Waals surface area contributed by atoms with E-state index in [9.17, 15) is 14.4 Å². The van der Waals surface area contributed by atoms with Crippen LogP contribution in [0.1, 0.15) is 12.5 Å². The largest absolute Gasteiger partial charge is 0.332 e. The first kappa shape index (κ1) is 21.8. The number of para-hydroxylation sites is 1. The van der Waals surface area contributed by atoms with E-state index in [4.69, 9.17) is 0 Å². The molecule has 3 heterocycles. The van der Waals surface area contributed by atoms with Crippen molar-refractivity contribution < 1.29 is 4.79 Å². The van der Waals surface area contributed by atoms with Gasteiger partial charge in [-0.1, -0.05) is 42.5 Å². The van der Waals surface area contributed by atoms with Gasteiger partial charge in [-0.2, -0.15) is 0 Å². The second kappa shape index (κ2) is 8.38. The summed E-state index contributed by atoms with van der Waals surface area (Å²) in [5.74, 6) is -0.279. The van der Waals surface area contributed by atoms with Crippen molar-refractivity contribution >= 4 is 49.4 Å². The Balaban J connectivity index is 1.61. The van der Waals surface area contributed by atoms with Crippen LogP contribution in [0.2, 0.25) is 0 Å². The Morgan fingerprint density at radius 1 is 1.03 bits per heavy atom. The lowest BCUT2D eigenvalue weighted by Crippen LogP contribution is -2.38. The predicted octanol–water partition coefficient (Wildman–Crippen LogP) is 2.97. The molecule has 172 valence electrons. The van der Waals surface area contributed by atoms with Crippen LogP contribution in [0.4, 0.5) is 10.8 Å². The van der Waals surface area contributed by atoms with Crippen LogP contribution in [-0.2, 0) is 31.9 Å². The van der Waals surface area contributed by atoms with Crippen LogP contribution in [0.15, 0.2) is 64.4 Å². The second-order valence-electron chi connectivity index (χ2n) is 7.96. The molecule has 0 aliphatic rings. The molecule has 1 amide bonds. The summed E-state index contributed by atoms with van der Waals surface area (Å²) in [6, 6.07) is 15.5. The molecule has 0 fully saturated rings. The summed E-state index contributed by atoms with van der Waals surface area (Å²) in [5, 5.41) is 0.542. The maximum Gasteiger partial charge on any atom is 0.332 e. The van der Waals surface area contributed by atoms with Gasteiger partial charge in [0.05, 0.1) is 22.2 Å². The molecule has 0 atom stereocenters. The van der Waals surface area contributed by atoms with E-state index in [1.54, 1.807) is 11.9 Å². The molecule has 0 N–H and O–H groups in total. The van der Waals surface area contributed by atoms with Gasteiger partial charge in [-0.25, -0.2) is 14.8 Å². The minimum atomic E-state index is -0.498. The summed E-state index contributed by atoms with van der Waals surface area (Å²) in [6.45, 7) is 1.93. The number of rotatable bonds is 5. The van der Waals surface area contributed by atoms with E-state index in [0.29, 0.717) is 10.8 Å². The minimum Gasteiger partial charge on any atom is -0.315 e. The number of hydrogen-bond donors (Lipinski definition) is 0. The third-order valence-corrected chi connectivity index (χ3v) is 6.87. The molecule has 0 saturated heterocycles. The standard InChI is InChI=1S/C24H22N6O3S/c1-4-15-9-11-16(12-10-15)30(23-26-17-7-5-6-8-18(17)34-23)19(31)13-29-14-25-21-20(29)22(32)28(3)24(33)27(21)2/h5-12,14H,4,13H2,1-3H3. The average molecular weight is 475 g/mol. The number of anilines is 2. The van der Waals surface area contributed by atoms with Gasteiger partial charge in [-0.05, 0) is 36.2 Å². The number of aromatic nitrogens is 5. The van der Waals surface area contributed by atoms with Gasteiger partial charge < -0.3 is 4.57 Å². The number of hydrogen-bond acceptors (Lipinski definition) is 6. The Morgan fingerprint density at radius 2 is 1.76 bits per heavy atom. The maximum absolute atomic E-state index is 13.7. The van der Waals surface area contributed by atoms with Gasteiger partial charge in [-0.15, -0.1) is 0 Å². The third-order valence-electron chi connectivity index (χ3n) is 5.85. The van der Waals surface area contributed by atoms with Gasteiger partial charge in [0.2, 0.25) is 0 Å². The summed E-state index contributed by atoms with van der Waals surface area (Å²) in [4.78, 5) is 49.2. The van der Waals surface area contributed by atoms with Crippen LogP contribution in [0.5, 0.6) is 0 Å².